The minimum Gasteiger partial charge on any atom is -0.494 e. The Labute approximate surface area is 176 Å². The zero-order valence-corrected chi connectivity index (χ0v) is 17.5. The van der Waals surface area contributed by atoms with Gasteiger partial charge in [-0.25, -0.2) is 0 Å². The molecule has 1 heterocycles. The molecule has 0 unspecified atom stereocenters. The van der Waals surface area contributed by atoms with Gasteiger partial charge in [-0.1, -0.05) is 41.1 Å². The van der Waals surface area contributed by atoms with Crippen molar-refractivity contribution in [2.24, 2.45) is 4.99 Å². The van der Waals surface area contributed by atoms with E-state index in [1.807, 2.05) is 37.3 Å². The molecule has 0 bridgehead atoms. The lowest BCUT2D eigenvalue weighted by Gasteiger charge is -2.05. The van der Waals surface area contributed by atoms with Gasteiger partial charge in [0.05, 0.1) is 23.9 Å². The van der Waals surface area contributed by atoms with Gasteiger partial charge in [0.2, 0.25) is 0 Å². The number of amides is 1. The lowest BCUT2D eigenvalue weighted by molar-refractivity contribution is -0.141. The molecule has 150 valence electrons. The summed E-state index contributed by atoms with van der Waals surface area (Å²) in [7, 11) is 1.32. The van der Waals surface area contributed by atoms with Crippen LogP contribution in [0.15, 0.2) is 53.5 Å². The average Bonchev–Trinajstić information content (AvgIpc) is 3.03. The molecule has 29 heavy (non-hydrogen) atoms. The first-order valence-corrected chi connectivity index (χ1v) is 10.1. The van der Waals surface area contributed by atoms with Gasteiger partial charge in [0.15, 0.2) is 4.80 Å². The minimum absolute atomic E-state index is 0.0508. The molecule has 3 aromatic rings. The molecule has 1 aromatic heterocycles. The van der Waals surface area contributed by atoms with Gasteiger partial charge in [0, 0.05) is 11.1 Å². The monoisotopic (exact) mass is 430 g/mol. The SMILES string of the molecule is CCOc1ccc2c(c1)sc(=NC(=O)/C=C/c1ccccc1Cl)n2CC(=O)OC. The number of rotatable bonds is 6. The van der Waals surface area contributed by atoms with Gasteiger partial charge in [-0.2, -0.15) is 4.99 Å². The molecule has 0 saturated heterocycles. The van der Waals surface area contributed by atoms with Crippen molar-refractivity contribution < 1.29 is 19.1 Å². The Bertz CT molecular complexity index is 1150. The molecule has 1 amide bonds. The van der Waals surface area contributed by atoms with Gasteiger partial charge in [-0.15, -0.1) is 0 Å². The number of nitrogens with zero attached hydrogens (tertiary/aromatic N) is 2. The van der Waals surface area contributed by atoms with Crippen molar-refractivity contribution in [3.05, 3.63) is 63.9 Å². The van der Waals surface area contributed by atoms with E-state index in [9.17, 15) is 9.59 Å². The molecule has 0 N–H and O–H groups in total. The smallest absolute Gasteiger partial charge is 0.325 e. The number of esters is 1. The van der Waals surface area contributed by atoms with E-state index in [-0.39, 0.29) is 6.54 Å². The molecule has 0 atom stereocenters. The topological polar surface area (TPSA) is 69.9 Å². The maximum Gasteiger partial charge on any atom is 0.325 e. The summed E-state index contributed by atoms with van der Waals surface area (Å²) in [5, 5.41) is 0.544. The normalized spacial score (nSPS) is 11.9. The Balaban J connectivity index is 2.01. The Hall–Kier alpha value is -2.90. The lowest BCUT2D eigenvalue weighted by Crippen LogP contribution is -2.22. The second-order valence-corrected chi connectivity index (χ2v) is 7.33. The van der Waals surface area contributed by atoms with Crippen molar-refractivity contribution in [2.75, 3.05) is 13.7 Å². The highest BCUT2D eigenvalue weighted by Crippen LogP contribution is 2.23. The van der Waals surface area contributed by atoms with Crippen LogP contribution >= 0.6 is 22.9 Å². The van der Waals surface area contributed by atoms with E-state index >= 15 is 0 Å². The Morgan fingerprint density at radius 2 is 2.03 bits per heavy atom. The quantitative estimate of drug-likeness (QED) is 0.436. The molecule has 0 aliphatic carbocycles. The highest BCUT2D eigenvalue weighted by atomic mass is 35.5. The van der Waals surface area contributed by atoms with Crippen molar-refractivity contribution in [1.29, 1.82) is 0 Å². The molecular weight excluding hydrogens is 412 g/mol. The fraction of sp³-hybridized carbons (Fsp3) is 0.190. The van der Waals surface area contributed by atoms with Crippen molar-refractivity contribution in [2.45, 2.75) is 13.5 Å². The maximum atomic E-state index is 12.4. The molecular formula is C21H19ClN2O4S. The van der Waals surface area contributed by atoms with Crippen molar-refractivity contribution in [3.8, 4) is 5.75 Å². The van der Waals surface area contributed by atoms with Crippen LogP contribution in [0, 0.1) is 0 Å². The molecule has 6 nitrogen and oxygen atoms in total. The van der Waals surface area contributed by atoms with Gasteiger partial charge in [0.1, 0.15) is 12.3 Å². The summed E-state index contributed by atoms with van der Waals surface area (Å²) >= 11 is 7.40. The third kappa shape index (κ3) is 5.13. The second-order valence-electron chi connectivity index (χ2n) is 5.91. The number of carbonyl (C=O) groups is 2. The number of halogens is 1. The van der Waals surface area contributed by atoms with Crippen molar-refractivity contribution >= 4 is 51.1 Å². The van der Waals surface area contributed by atoms with Crippen LogP contribution in [-0.2, 0) is 20.9 Å². The van der Waals surface area contributed by atoms with Crippen molar-refractivity contribution in [3.63, 3.8) is 0 Å². The number of ether oxygens (including phenoxy) is 2. The Kier molecular flexibility index (Phi) is 6.85. The minimum atomic E-state index is -0.458. The van der Waals surface area contributed by atoms with Crippen LogP contribution in [-0.4, -0.2) is 30.2 Å². The molecule has 0 saturated carbocycles. The number of methoxy groups -OCH3 is 1. The van der Waals surface area contributed by atoms with Crippen LogP contribution in [0.1, 0.15) is 12.5 Å². The molecule has 0 fully saturated rings. The summed E-state index contributed by atoms with van der Waals surface area (Å²) in [5.74, 6) is -0.179. The van der Waals surface area contributed by atoms with Crippen LogP contribution in [0.4, 0.5) is 0 Å². The third-order valence-corrected chi connectivity index (χ3v) is 5.38. The van der Waals surface area contributed by atoms with E-state index in [1.54, 1.807) is 22.8 Å². The molecule has 0 spiro atoms. The number of thiazole rings is 1. The zero-order valence-electron chi connectivity index (χ0n) is 15.9. The molecule has 0 radical (unpaired) electrons. The predicted molar refractivity (Wildman–Crippen MR) is 114 cm³/mol. The lowest BCUT2D eigenvalue weighted by atomic mass is 10.2. The van der Waals surface area contributed by atoms with Gasteiger partial charge in [0.25, 0.3) is 5.91 Å². The Morgan fingerprint density at radius 1 is 1.24 bits per heavy atom. The summed E-state index contributed by atoms with van der Waals surface area (Å²) in [6.45, 7) is 2.40. The van der Waals surface area contributed by atoms with E-state index in [0.29, 0.717) is 22.2 Å². The van der Waals surface area contributed by atoms with Crippen LogP contribution in [0.3, 0.4) is 0 Å². The van der Waals surface area contributed by atoms with Gasteiger partial charge in [-0.05, 0) is 42.8 Å². The van der Waals surface area contributed by atoms with Gasteiger partial charge in [-0.3, -0.25) is 9.59 Å². The number of aromatic nitrogens is 1. The summed E-state index contributed by atoms with van der Waals surface area (Å²) < 4.78 is 12.8. The zero-order chi connectivity index (χ0) is 20.8. The average molecular weight is 431 g/mol. The first-order valence-electron chi connectivity index (χ1n) is 8.86. The maximum absolute atomic E-state index is 12.4. The van der Waals surface area contributed by atoms with Crippen molar-refractivity contribution in [1.82, 2.24) is 4.57 Å². The third-order valence-electron chi connectivity index (χ3n) is 4.00. The number of hydrogen-bond donors (Lipinski definition) is 0. The van der Waals surface area contributed by atoms with E-state index in [1.165, 1.54) is 24.5 Å². The van der Waals surface area contributed by atoms with Crippen LogP contribution in [0.25, 0.3) is 16.3 Å². The largest absolute Gasteiger partial charge is 0.494 e. The summed E-state index contributed by atoms with van der Waals surface area (Å²) in [6.07, 6.45) is 2.96. The predicted octanol–water partition coefficient (Wildman–Crippen LogP) is 4.07. The highest BCUT2D eigenvalue weighted by molar-refractivity contribution is 7.16. The van der Waals surface area contributed by atoms with Crippen LogP contribution in [0.5, 0.6) is 5.75 Å². The number of carbonyl (C=O) groups excluding carboxylic acids is 2. The standard InChI is InChI=1S/C21H19ClN2O4S/c1-3-28-15-9-10-17-18(12-15)29-21(24(17)13-20(26)27-2)23-19(25)11-8-14-6-4-5-7-16(14)22/h4-12H,3,13H2,1-2H3/b11-8+,23-21?. The number of benzene rings is 2. The molecule has 3 rings (SSSR count). The van der Waals surface area contributed by atoms with Crippen LogP contribution < -0.4 is 9.54 Å². The molecule has 0 aliphatic heterocycles. The van der Waals surface area contributed by atoms with Crippen LogP contribution in [0.2, 0.25) is 5.02 Å². The first kappa shape index (κ1) is 20.8. The molecule has 0 aliphatic rings. The Morgan fingerprint density at radius 3 is 2.76 bits per heavy atom. The summed E-state index contributed by atoms with van der Waals surface area (Å²) in [4.78, 5) is 28.8. The summed E-state index contributed by atoms with van der Waals surface area (Å²) in [5.41, 5.74) is 1.49. The molecule has 2 aromatic carbocycles. The first-order chi connectivity index (χ1) is 14.0. The van der Waals surface area contributed by atoms with Gasteiger partial charge < -0.3 is 14.0 Å². The van der Waals surface area contributed by atoms with E-state index in [4.69, 9.17) is 21.1 Å². The highest BCUT2D eigenvalue weighted by Gasteiger charge is 2.12. The fourth-order valence-electron chi connectivity index (χ4n) is 2.64. The van der Waals surface area contributed by atoms with E-state index in [2.05, 4.69) is 4.99 Å². The van der Waals surface area contributed by atoms with E-state index < -0.39 is 11.9 Å². The fourth-order valence-corrected chi connectivity index (χ4v) is 3.91. The van der Waals surface area contributed by atoms with E-state index in [0.717, 1.165) is 15.8 Å². The summed E-state index contributed by atoms with van der Waals surface area (Å²) in [6, 6.07) is 12.7. The second kappa shape index (κ2) is 9.54. The van der Waals surface area contributed by atoms with Gasteiger partial charge >= 0.3 is 5.97 Å². The number of hydrogen-bond acceptors (Lipinski definition) is 5. The number of fused-ring (bicyclic) bond motifs is 1. The molecule has 8 heteroatoms.